The van der Waals surface area contributed by atoms with Crippen LogP contribution in [0.15, 0.2) is 75.4 Å². The smallest absolute Gasteiger partial charge is 0.335 e. The second-order valence-electron chi connectivity index (χ2n) is 12.1. The van der Waals surface area contributed by atoms with Crippen molar-refractivity contribution >= 4 is 33.5 Å². The molecule has 17 heteroatoms. The molecule has 14 nitrogen and oxygen atoms in total. The molecule has 0 saturated carbocycles. The van der Waals surface area contributed by atoms with Crippen LogP contribution in [0.3, 0.4) is 0 Å². The number of aliphatic carboxylic acids is 1. The Morgan fingerprint density at radius 3 is 2.20 bits per heavy atom. The SMILES string of the molecule is Cc1cn(C)c(=O)n(-c2ccc(C[C@H](NC(=O)c3cc(F)c(NS(=O)(=O)c4ccc(C(=O)NC(C)(C)C)cc4)cc3F)C(=O)O)nc2)c1=O. The Balaban J connectivity index is 1.48. The molecular weight excluding hydrogens is 666 g/mol. The van der Waals surface area contributed by atoms with Crippen LogP contribution in [0, 0.1) is 18.6 Å². The van der Waals surface area contributed by atoms with Crippen LogP contribution in [0.5, 0.6) is 0 Å². The molecule has 2 aromatic carbocycles. The van der Waals surface area contributed by atoms with Gasteiger partial charge in [-0.25, -0.2) is 31.4 Å². The summed E-state index contributed by atoms with van der Waals surface area (Å²) < 4.78 is 59.7. The van der Waals surface area contributed by atoms with Gasteiger partial charge in [-0.15, -0.1) is 0 Å². The van der Waals surface area contributed by atoms with Gasteiger partial charge in [-0.1, -0.05) is 0 Å². The minimum Gasteiger partial charge on any atom is -0.480 e. The van der Waals surface area contributed by atoms with Crippen LogP contribution in [0.4, 0.5) is 14.5 Å². The molecule has 1 atom stereocenters. The first-order valence-corrected chi connectivity index (χ1v) is 16.0. The van der Waals surface area contributed by atoms with E-state index in [1.54, 1.807) is 20.8 Å². The zero-order valence-corrected chi connectivity index (χ0v) is 27.7. The van der Waals surface area contributed by atoms with Gasteiger partial charge in [0.15, 0.2) is 0 Å². The molecule has 0 aliphatic heterocycles. The fraction of sp³-hybridized carbons (Fsp3) is 0.250. The number of carboxylic acids is 1. The van der Waals surface area contributed by atoms with E-state index in [1.807, 2.05) is 4.72 Å². The van der Waals surface area contributed by atoms with E-state index in [4.69, 9.17) is 0 Å². The number of aromatic nitrogens is 3. The monoisotopic (exact) mass is 698 g/mol. The third-order valence-corrected chi connectivity index (χ3v) is 8.35. The average molecular weight is 699 g/mol. The Labute approximate surface area is 278 Å². The number of hydrogen-bond acceptors (Lipinski definition) is 8. The molecule has 4 N–H and O–H groups in total. The van der Waals surface area contributed by atoms with Crippen LogP contribution in [0.1, 0.15) is 52.7 Å². The molecule has 0 unspecified atom stereocenters. The lowest BCUT2D eigenvalue weighted by atomic mass is 10.1. The van der Waals surface area contributed by atoms with Crippen molar-refractivity contribution in [2.45, 2.75) is 50.6 Å². The number of carboxylic acid groups (broad SMARTS) is 1. The number of pyridine rings is 1. The van der Waals surface area contributed by atoms with E-state index in [1.165, 1.54) is 55.2 Å². The van der Waals surface area contributed by atoms with Gasteiger partial charge in [0.05, 0.1) is 28.0 Å². The number of hydrogen-bond donors (Lipinski definition) is 4. The van der Waals surface area contributed by atoms with Gasteiger partial charge in [0, 0.05) is 48.1 Å². The summed E-state index contributed by atoms with van der Waals surface area (Å²) in [5, 5.41) is 14.5. The lowest BCUT2D eigenvalue weighted by molar-refractivity contribution is -0.139. The van der Waals surface area contributed by atoms with E-state index in [2.05, 4.69) is 15.6 Å². The summed E-state index contributed by atoms with van der Waals surface area (Å²) in [5.74, 6) is -5.99. The first-order valence-electron chi connectivity index (χ1n) is 14.5. The summed E-state index contributed by atoms with van der Waals surface area (Å²) in [6, 6.07) is 6.57. The molecule has 0 aliphatic carbocycles. The number of halogens is 2. The second kappa shape index (κ2) is 13.8. The van der Waals surface area contributed by atoms with Crippen molar-refractivity contribution in [1.29, 1.82) is 0 Å². The standard InChI is InChI=1S/C32H32F2N6O8S/c1-17-16-39(5)31(46)40(29(17)43)20-9-8-19(35-15-20)12-26(30(44)45)36-28(42)22-13-24(34)25(14-23(22)33)38-49(47,48)21-10-6-18(7-11-21)27(41)37-32(2,3)4/h6-11,13-16,26,38H,12H2,1-5H3,(H,36,42)(H,37,41)(H,44,45)/t26-/m0/s1. The van der Waals surface area contributed by atoms with E-state index in [0.29, 0.717) is 17.7 Å². The van der Waals surface area contributed by atoms with Gasteiger partial charge in [-0.3, -0.25) is 24.1 Å². The van der Waals surface area contributed by atoms with E-state index in [9.17, 15) is 41.9 Å². The van der Waals surface area contributed by atoms with Crippen molar-refractivity contribution in [1.82, 2.24) is 24.8 Å². The van der Waals surface area contributed by atoms with E-state index >= 15 is 4.39 Å². The topological polar surface area (TPSA) is 199 Å². The number of nitrogens with one attached hydrogen (secondary N) is 3. The van der Waals surface area contributed by atoms with Gasteiger partial charge in [-0.2, -0.15) is 0 Å². The molecule has 2 heterocycles. The molecule has 0 aliphatic rings. The highest BCUT2D eigenvalue weighted by atomic mass is 32.2. The minimum atomic E-state index is -4.47. The minimum absolute atomic E-state index is 0.114. The van der Waals surface area contributed by atoms with Gasteiger partial charge in [0.25, 0.3) is 27.4 Å². The summed E-state index contributed by atoms with van der Waals surface area (Å²) in [6.45, 7) is 6.83. The van der Waals surface area contributed by atoms with Crippen LogP contribution in [-0.2, 0) is 28.3 Å². The molecule has 0 radical (unpaired) electrons. The van der Waals surface area contributed by atoms with Crippen LogP contribution in [0.2, 0.25) is 0 Å². The van der Waals surface area contributed by atoms with Gasteiger partial charge in [-0.05, 0) is 70.2 Å². The lowest BCUT2D eigenvalue weighted by Gasteiger charge is -2.20. The number of amides is 2. The van der Waals surface area contributed by atoms with E-state index in [-0.39, 0.29) is 21.8 Å². The molecule has 0 bridgehead atoms. The largest absolute Gasteiger partial charge is 0.480 e. The quantitative estimate of drug-likeness (QED) is 0.192. The Bertz CT molecular complexity index is 2140. The first kappa shape index (κ1) is 36.1. The summed E-state index contributed by atoms with van der Waals surface area (Å²) in [4.78, 5) is 65.8. The lowest BCUT2D eigenvalue weighted by Crippen LogP contribution is -2.43. The number of rotatable bonds is 10. The molecule has 4 aromatic rings. The highest BCUT2D eigenvalue weighted by Crippen LogP contribution is 2.23. The maximum absolute atomic E-state index is 15.0. The van der Waals surface area contributed by atoms with E-state index < -0.39 is 79.9 Å². The predicted octanol–water partition coefficient (Wildman–Crippen LogP) is 2.27. The number of nitrogens with zero attached hydrogens (tertiary/aromatic N) is 3. The van der Waals surface area contributed by atoms with Crippen LogP contribution >= 0.6 is 0 Å². The maximum atomic E-state index is 15.0. The molecule has 2 amide bonds. The predicted molar refractivity (Wildman–Crippen MR) is 173 cm³/mol. The van der Waals surface area contributed by atoms with Crippen molar-refractivity contribution in [3.05, 3.63) is 116 Å². The summed E-state index contributed by atoms with van der Waals surface area (Å²) in [5.41, 5.74) is -2.79. The molecule has 0 spiro atoms. The normalized spacial score (nSPS) is 12.2. The Hall–Kier alpha value is -5.71. The van der Waals surface area contributed by atoms with Crippen LogP contribution in [0.25, 0.3) is 5.69 Å². The second-order valence-corrected chi connectivity index (χ2v) is 13.8. The molecule has 49 heavy (non-hydrogen) atoms. The number of carbonyl (C=O) groups is 3. The zero-order valence-electron chi connectivity index (χ0n) is 26.9. The number of benzene rings is 2. The van der Waals surface area contributed by atoms with Gasteiger partial charge < -0.3 is 20.3 Å². The fourth-order valence-electron chi connectivity index (χ4n) is 4.57. The van der Waals surface area contributed by atoms with Gasteiger partial charge >= 0.3 is 11.7 Å². The third-order valence-electron chi connectivity index (χ3n) is 6.97. The Kier molecular flexibility index (Phi) is 10.2. The first-order chi connectivity index (χ1) is 22.8. The molecular formula is C32H32F2N6O8S. The number of aryl methyl sites for hydroxylation is 2. The van der Waals surface area contributed by atoms with Gasteiger partial charge in [0.1, 0.15) is 17.7 Å². The van der Waals surface area contributed by atoms with Gasteiger partial charge in [0.2, 0.25) is 0 Å². The van der Waals surface area contributed by atoms with Crippen LogP contribution < -0.4 is 26.6 Å². The number of sulfonamides is 1. The Morgan fingerprint density at radius 1 is 0.980 bits per heavy atom. The summed E-state index contributed by atoms with van der Waals surface area (Å²) >= 11 is 0. The molecule has 0 saturated heterocycles. The van der Waals surface area contributed by atoms with Crippen molar-refractivity contribution in [3.8, 4) is 5.69 Å². The van der Waals surface area contributed by atoms with Crippen molar-refractivity contribution < 1.29 is 36.7 Å². The maximum Gasteiger partial charge on any atom is 0.335 e. The van der Waals surface area contributed by atoms with Crippen molar-refractivity contribution in [2.24, 2.45) is 7.05 Å². The fourth-order valence-corrected chi connectivity index (χ4v) is 5.62. The number of carbonyl (C=O) groups excluding carboxylic acids is 2. The molecule has 2 aromatic heterocycles. The molecule has 0 fully saturated rings. The highest BCUT2D eigenvalue weighted by molar-refractivity contribution is 7.92. The van der Waals surface area contributed by atoms with E-state index in [0.717, 1.165) is 16.7 Å². The molecule has 4 rings (SSSR count). The van der Waals surface area contributed by atoms with Crippen molar-refractivity contribution in [3.63, 3.8) is 0 Å². The van der Waals surface area contributed by atoms with Crippen molar-refractivity contribution in [2.75, 3.05) is 4.72 Å². The van der Waals surface area contributed by atoms with Crippen LogP contribution in [-0.4, -0.2) is 57.0 Å². The average Bonchev–Trinajstić information content (AvgIpc) is 3.01. The Morgan fingerprint density at radius 2 is 1.63 bits per heavy atom. The summed E-state index contributed by atoms with van der Waals surface area (Å²) in [6.07, 6.45) is 2.13. The number of anilines is 1. The third kappa shape index (κ3) is 8.42. The highest BCUT2D eigenvalue weighted by Gasteiger charge is 2.26. The zero-order chi connectivity index (χ0) is 36.4. The molecule has 258 valence electrons. The summed E-state index contributed by atoms with van der Waals surface area (Å²) in [7, 11) is -3.01.